The number of amides is 1. The van der Waals surface area contributed by atoms with E-state index in [1.807, 2.05) is 6.07 Å². The van der Waals surface area contributed by atoms with Crippen molar-refractivity contribution in [1.82, 2.24) is 0 Å². The number of carbonyl (C=O) groups excluding carboxylic acids is 1. The molecule has 0 bridgehead atoms. The predicted molar refractivity (Wildman–Crippen MR) is 75.9 cm³/mol. The van der Waals surface area contributed by atoms with Gasteiger partial charge >= 0.3 is 0 Å². The summed E-state index contributed by atoms with van der Waals surface area (Å²) in [6, 6.07) is 5.37. The van der Waals surface area contributed by atoms with Crippen LogP contribution < -0.4 is 9.62 Å². The van der Waals surface area contributed by atoms with Crippen molar-refractivity contribution in [2.24, 2.45) is 0 Å². The Balaban J connectivity index is 2.33. The lowest BCUT2D eigenvalue weighted by Crippen LogP contribution is -2.34. The molecule has 6 heteroatoms. The quantitative estimate of drug-likeness (QED) is 0.918. The maximum Gasteiger partial charge on any atom is 0.232 e. The lowest BCUT2D eigenvalue weighted by atomic mass is 10.0. The fourth-order valence-electron chi connectivity index (χ4n) is 2.23. The molecule has 0 spiro atoms. The molecule has 0 atom stereocenters. The molecule has 1 aliphatic rings. The highest BCUT2D eigenvalue weighted by Crippen LogP contribution is 2.31. The lowest BCUT2D eigenvalue weighted by molar-refractivity contribution is -0.115. The number of nitrogens with zero attached hydrogens (tertiary/aromatic N) is 1. The monoisotopic (exact) mass is 282 g/mol. The second-order valence-electron chi connectivity index (χ2n) is 4.68. The highest BCUT2D eigenvalue weighted by Gasteiger charge is 2.23. The average Bonchev–Trinajstić information content (AvgIpc) is 2.36. The number of hydrogen-bond acceptors (Lipinski definition) is 3. The number of anilines is 2. The first-order valence-electron chi connectivity index (χ1n) is 6.32. The highest BCUT2D eigenvalue weighted by atomic mass is 32.2. The molecule has 0 aromatic heterocycles. The van der Waals surface area contributed by atoms with Gasteiger partial charge < -0.3 is 5.32 Å². The summed E-state index contributed by atoms with van der Waals surface area (Å²) in [6.45, 7) is 2.31. The SMILES string of the molecule is CCC(=O)Nc1ccc2c(c1)CCCN2S(C)(=O)=O. The molecular weight excluding hydrogens is 264 g/mol. The standard InChI is InChI=1S/C13H18N2O3S/c1-3-13(16)14-11-6-7-12-10(9-11)5-4-8-15(12)19(2,17)18/h6-7,9H,3-5,8H2,1-2H3,(H,14,16). The largest absolute Gasteiger partial charge is 0.326 e. The van der Waals surface area contributed by atoms with E-state index in [0.717, 1.165) is 29.8 Å². The molecule has 2 rings (SSSR count). The van der Waals surface area contributed by atoms with E-state index in [-0.39, 0.29) is 5.91 Å². The predicted octanol–water partition coefficient (Wildman–Crippen LogP) is 1.75. The maximum atomic E-state index is 11.7. The van der Waals surface area contributed by atoms with Crippen LogP contribution in [-0.2, 0) is 21.2 Å². The third kappa shape index (κ3) is 3.07. The van der Waals surface area contributed by atoms with E-state index in [4.69, 9.17) is 0 Å². The summed E-state index contributed by atoms with van der Waals surface area (Å²) in [4.78, 5) is 11.4. The van der Waals surface area contributed by atoms with Crippen molar-refractivity contribution in [1.29, 1.82) is 0 Å². The van der Waals surface area contributed by atoms with Crippen LogP contribution in [0, 0.1) is 0 Å². The first-order chi connectivity index (χ1) is 8.91. The van der Waals surface area contributed by atoms with Gasteiger partial charge in [0.2, 0.25) is 15.9 Å². The van der Waals surface area contributed by atoms with Gasteiger partial charge in [0.05, 0.1) is 11.9 Å². The molecule has 0 saturated carbocycles. The summed E-state index contributed by atoms with van der Waals surface area (Å²) < 4.78 is 24.9. The summed E-state index contributed by atoms with van der Waals surface area (Å²) in [6.07, 6.45) is 3.27. The Labute approximate surface area is 113 Å². The average molecular weight is 282 g/mol. The van der Waals surface area contributed by atoms with Gasteiger partial charge in [-0.05, 0) is 36.6 Å². The van der Waals surface area contributed by atoms with Crippen LogP contribution in [0.1, 0.15) is 25.3 Å². The topological polar surface area (TPSA) is 66.5 Å². The first kappa shape index (κ1) is 13.9. The molecule has 104 valence electrons. The van der Waals surface area contributed by atoms with Crippen molar-refractivity contribution in [3.05, 3.63) is 23.8 Å². The number of rotatable bonds is 3. The molecule has 5 nitrogen and oxygen atoms in total. The molecule has 1 N–H and O–H groups in total. The zero-order chi connectivity index (χ0) is 14.0. The van der Waals surface area contributed by atoms with E-state index in [0.29, 0.717) is 13.0 Å². The number of sulfonamides is 1. The Morgan fingerprint density at radius 2 is 2.16 bits per heavy atom. The van der Waals surface area contributed by atoms with E-state index < -0.39 is 10.0 Å². The summed E-state index contributed by atoms with van der Waals surface area (Å²) in [5.74, 6) is -0.0456. The summed E-state index contributed by atoms with van der Waals surface area (Å²) in [5, 5.41) is 2.79. The van der Waals surface area contributed by atoms with Crippen molar-refractivity contribution in [2.75, 3.05) is 22.4 Å². The van der Waals surface area contributed by atoms with E-state index in [9.17, 15) is 13.2 Å². The van der Waals surface area contributed by atoms with Crippen molar-refractivity contribution in [3.63, 3.8) is 0 Å². The summed E-state index contributed by atoms with van der Waals surface area (Å²) in [7, 11) is -3.23. The molecule has 1 amide bonds. The fraction of sp³-hybridized carbons (Fsp3) is 0.462. The second-order valence-corrected chi connectivity index (χ2v) is 6.59. The fourth-order valence-corrected chi connectivity index (χ4v) is 3.23. The number of hydrogen-bond donors (Lipinski definition) is 1. The molecule has 1 aromatic carbocycles. The number of fused-ring (bicyclic) bond motifs is 1. The minimum absolute atomic E-state index is 0.0456. The number of benzene rings is 1. The maximum absolute atomic E-state index is 11.7. The van der Waals surface area contributed by atoms with Crippen LogP contribution in [0.2, 0.25) is 0 Å². The van der Waals surface area contributed by atoms with Gasteiger partial charge in [0.15, 0.2) is 0 Å². The van der Waals surface area contributed by atoms with E-state index in [1.54, 1.807) is 19.1 Å². The van der Waals surface area contributed by atoms with Crippen LogP contribution >= 0.6 is 0 Å². The van der Waals surface area contributed by atoms with Crippen LogP contribution in [0.3, 0.4) is 0 Å². The summed E-state index contributed by atoms with van der Waals surface area (Å²) in [5.41, 5.74) is 2.41. The van der Waals surface area contributed by atoms with E-state index in [2.05, 4.69) is 5.32 Å². The van der Waals surface area contributed by atoms with Gasteiger partial charge in [0.1, 0.15) is 0 Å². The van der Waals surface area contributed by atoms with Gasteiger partial charge in [-0.1, -0.05) is 6.92 Å². The Bertz CT molecular complexity index is 596. The van der Waals surface area contributed by atoms with Crippen molar-refractivity contribution >= 4 is 27.3 Å². The Morgan fingerprint density at radius 1 is 1.42 bits per heavy atom. The zero-order valence-corrected chi connectivity index (χ0v) is 12.0. The molecule has 0 aliphatic carbocycles. The van der Waals surface area contributed by atoms with Gasteiger partial charge in [-0.2, -0.15) is 0 Å². The molecular formula is C13H18N2O3S. The molecule has 0 unspecified atom stereocenters. The first-order valence-corrected chi connectivity index (χ1v) is 8.17. The van der Waals surface area contributed by atoms with Crippen LogP contribution in [0.25, 0.3) is 0 Å². The number of carbonyl (C=O) groups is 1. The molecule has 1 aliphatic heterocycles. The Kier molecular flexibility index (Phi) is 3.80. The van der Waals surface area contributed by atoms with Crippen LogP contribution in [0.5, 0.6) is 0 Å². The minimum atomic E-state index is -3.23. The second kappa shape index (κ2) is 5.21. The number of aryl methyl sites for hydroxylation is 1. The molecule has 0 saturated heterocycles. The smallest absolute Gasteiger partial charge is 0.232 e. The molecule has 0 fully saturated rings. The molecule has 19 heavy (non-hydrogen) atoms. The van der Waals surface area contributed by atoms with Crippen LogP contribution in [0.4, 0.5) is 11.4 Å². The molecule has 1 aromatic rings. The van der Waals surface area contributed by atoms with Gasteiger partial charge in [-0.15, -0.1) is 0 Å². The molecule has 1 heterocycles. The highest BCUT2D eigenvalue weighted by molar-refractivity contribution is 7.92. The van der Waals surface area contributed by atoms with Gasteiger partial charge in [0.25, 0.3) is 0 Å². The normalized spacial score (nSPS) is 14.9. The number of nitrogens with one attached hydrogen (secondary N) is 1. The molecule has 0 radical (unpaired) electrons. The Hall–Kier alpha value is -1.56. The van der Waals surface area contributed by atoms with Crippen molar-refractivity contribution in [3.8, 4) is 0 Å². The Morgan fingerprint density at radius 3 is 2.79 bits per heavy atom. The summed E-state index contributed by atoms with van der Waals surface area (Å²) >= 11 is 0. The van der Waals surface area contributed by atoms with Gasteiger partial charge in [-0.3, -0.25) is 9.10 Å². The zero-order valence-electron chi connectivity index (χ0n) is 11.1. The van der Waals surface area contributed by atoms with Gasteiger partial charge in [0, 0.05) is 18.7 Å². The van der Waals surface area contributed by atoms with Gasteiger partial charge in [-0.25, -0.2) is 8.42 Å². The van der Waals surface area contributed by atoms with E-state index >= 15 is 0 Å². The van der Waals surface area contributed by atoms with Crippen LogP contribution in [-0.4, -0.2) is 27.1 Å². The van der Waals surface area contributed by atoms with Crippen LogP contribution in [0.15, 0.2) is 18.2 Å². The lowest BCUT2D eigenvalue weighted by Gasteiger charge is -2.29. The third-order valence-corrected chi connectivity index (χ3v) is 4.34. The van der Waals surface area contributed by atoms with Crippen molar-refractivity contribution in [2.45, 2.75) is 26.2 Å². The minimum Gasteiger partial charge on any atom is -0.326 e. The van der Waals surface area contributed by atoms with E-state index in [1.165, 1.54) is 10.6 Å². The van der Waals surface area contributed by atoms with Crippen molar-refractivity contribution < 1.29 is 13.2 Å². The third-order valence-electron chi connectivity index (χ3n) is 3.16.